The van der Waals surface area contributed by atoms with E-state index in [1.165, 1.54) is 0 Å². The molecule has 1 fully saturated rings. The molecule has 0 spiro atoms. The van der Waals surface area contributed by atoms with Crippen LogP contribution >= 0.6 is 0 Å². The summed E-state index contributed by atoms with van der Waals surface area (Å²) >= 11 is 0. The number of carbonyl (C=O) groups is 1. The zero-order valence-electron chi connectivity index (χ0n) is 17.3. The Kier molecular flexibility index (Phi) is 7.24. The Labute approximate surface area is 178 Å². The summed E-state index contributed by atoms with van der Waals surface area (Å²) in [5.74, 6) is -0.296. The van der Waals surface area contributed by atoms with Crippen molar-refractivity contribution in [2.24, 2.45) is 0 Å². The fourth-order valence-corrected chi connectivity index (χ4v) is 3.46. The molecule has 2 aliphatic rings. The number of benzene rings is 1. The first-order valence-electron chi connectivity index (χ1n) is 9.95. The molecule has 2 unspecified atom stereocenters. The van der Waals surface area contributed by atoms with Gasteiger partial charge in [-0.3, -0.25) is 9.53 Å². The van der Waals surface area contributed by atoms with Crippen LogP contribution in [0.5, 0.6) is 0 Å². The molecular formula is C21H26F3N3O4. The predicted molar refractivity (Wildman–Crippen MR) is 110 cm³/mol. The maximum Gasteiger partial charge on any atom is 0.522 e. The number of aliphatic hydroxyl groups is 1. The lowest BCUT2D eigenvalue weighted by atomic mass is 9.99. The van der Waals surface area contributed by atoms with Crippen molar-refractivity contribution in [3.8, 4) is 0 Å². The topological polar surface area (TPSA) is 83.1 Å². The second-order valence-electron chi connectivity index (χ2n) is 7.48. The highest BCUT2D eigenvalue weighted by Crippen LogP contribution is 2.31. The Morgan fingerprint density at radius 3 is 2.77 bits per heavy atom. The standard InChI is InChI=1S/C21H26F3N3O4/c1-13-10-15(12-27(2)20(13)29)14-5-6-16(26-19(28)18-4-3-8-30-18)17(11-14)25-7-9-31-21(22,23)24/h5-6,10-12,18,20,25,29H,3-4,7-9H2,1-2H3,(H,26,28). The van der Waals surface area contributed by atoms with Gasteiger partial charge in [0.1, 0.15) is 12.3 Å². The smallest absolute Gasteiger partial charge is 0.381 e. The number of amides is 1. The van der Waals surface area contributed by atoms with Crippen molar-refractivity contribution >= 4 is 22.9 Å². The van der Waals surface area contributed by atoms with Gasteiger partial charge >= 0.3 is 6.36 Å². The zero-order valence-corrected chi connectivity index (χ0v) is 17.3. The number of allylic oxidation sites excluding steroid dienone is 2. The van der Waals surface area contributed by atoms with Gasteiger partial charge in [0.15, 0.2) is 0 Å². The van der Waals surface area contributed by atoms with Crippen LogP contribution in [0.25, 0.3) is 5.57 Å². The molecule has 3 N–H and O–H groups in total. The van der Waals surface area contributed by atoms with Crippen molar-refractivity contribution in [1.29, 1.82) is 0 Å². The molecular weight excluding hydrogens is 415 g/mol. The van der Waals surface area contributed by atoms with E-state index in [1.54, 1.807) is 43.3 Å². The van der Waals surface area contributed by atoms with Crippen LogP contribution in [-0.4, -0.2) is 61.4 Å². The Balaban J connectivity index is 1.80. The Bertz CT molecular complexity index is 864. The molecule has 0 saturated carbocycles. The fourth-order valence-electron chi connectivity index (χ4n) is 3.46. The van der Waals surface area contributed by atoms with Crippen LogP contribution in [0.3, 0.4) is 0 Å². The Hall–Kier alpha value is -2.56. The van der Waals surface area contributed by atoms with Gasteiger partial charge in [0.05, 0.1) is 18.0 Å². The molecule has 3 rings (SSSR count). The number of anilines is 2. The molecule has 0 aliphatic carbocycles. The number of hydrogen-bond acceptors (Lipinski definition) is 6. The van der Waals surface area contributed by atoms with Crippen LogP contribution in [0.1, 0.15) is 25.3 Å². The molecule has 0 aromatic heterocycles. The zero-order chi connectivity index (χ0) is 22.6. The van der Waals surface area contributed by atoms with Crippen LogP contribution < -0.4 is 10.6 Å². The quantitative estimate of drug-likeness (QED) is 0.564. The average Bonchev–Trinajstić information content (AvgIpc) is 3.24. The molecule has 1 aromatic rings. The molecule has 2 heterocycles. The minimum atomic E-state index is -4.71. The van der Waals surface area contributed by atoms with E-state index >= 15 is 0 Å². The first kappa shape index (κ1) is 23.1. The summed E-state index contributed by atoms with van der Waals surface area (Å²) in [5, 5.41) is 15.7. The number of nitrogens with zero attached hydrogens (tertiary/aromatic N) is 1. The molecule has 0 bridgehead atoms. The average molecular weight is 441 g/mol. The van der Waals surface area contributed by atoms with E-state index in [0.717, 1.165) is 23.1 Å². The Morgan fingerprint density at radius 1 is 1.35 bits per heavy atom. The Morgan fingerprint density at radius 2 is 2.13 bits per heavy atom. The summed E-state index contributed by atoms with van der Waals surface area (Å²) in [6.07, 6.45) is -0.932. The molecule has 31 heavy (non-hydrogen) atoms. The van der Waals surface area contributed by atoms with Crippen LogP contribution in [0.15, 0.2) is 36.0 Å². The predicted octanol–water partition coefficient (Wildman–Crippen LogP) is 3.30. The second-order valence-corrected chi connectivity index (χ2v) is 7.48. The van der Waals surface area contributed by atoms with Crippen LogP contribution in [0.4, 0.5) is 24.5 Å². The number of likely N-dealkylation sites (N-methyl/N-ethyl adjacent to an activating group) is 1. The summed E-state index contributed by atoms with van der Waals surface area (Å²) in [7, 11) is 1.74. The summed E-state index contributed by atoms with van der Waals surface area (Å²) in [5.41, 5.74) is 3.23. The molecule has 0 radical (unpaired) electrons. The van der Waals surface area contributed by atoms with E-state index < -0.39 is 25.3 Å². The first-order chi connectivity index (χ1) is 14.6. The molecule has 170 valence electrons. The van der Waals surface area contributed by atoms with Crippen LogP contribution in [-0.2, 0) is 14.3 Å². The van der Waals surface area contributed by atoms with E-state index in [4.69, 9.17) is 4.74 Å². The SMILES string of the molecule is CC1=CC(c2ccc(NC(=O)C3CCCO3)c(NCCOC(F)(F)F)c2)=CN(C)C1O. The van der Waals surface area contributed by atoms with Gasteiger partial charge in [-0.25, -0.2) is 0 Å². The van der Waals surface area contributed by atoms with Crippen molar-refractivity contribution < 1.29 is 32.5 Å². The van der Waals surface area contributed by atoms with Gasteiger partial charge in [0.25, 0.3) is 5.91 Å². The highest BCUT2D eigenvalue weighted by Gasteiger charge is 2.28. The molecule has 1 aromatic carbocycles. The van der Waals surface area contributed by atoms with E-state index in [-0.39, 0.29) is 12.5 Å². The van der Waals surface area contributed by atoms with Crippen molar-refractivity contribution in [3.05, 3.63) is 41.6 Å². The van der Waals surface area contributed by atoms with E-state index in [9.17, 15) is 23.1 Å². The number of hydrogen-bond donors (Lipinski definition) is 3. The number of carbonyl (C=O) groups excluding carboxylic acids is 1. The van der Waals surface area contributed by atoms with Gasteiger partial charge < -0.3 is 25.4 Å². The van der Waals surface area contributed by atoms with Gasteiger partial charge in [0, 0.05) is 26.4 Å². The highest BCUT2D eigenvalue weighted by atomic mass is 19.4. The van der Waals surface area contributed by atoms with Crippen molar-refractivity contribution in [3.63, 3.8) is 0 Å². The lowest BCUT2D eigenvalue weighted by Gasteiger charge is -2.28. The molecule has 1 saturated heterocycles. The molecule has 10 heteroatoms. The number of halogens is 3. The third kappa shape index (κ3) is 6.22. The number of alkyl halides is 3. The maximum atomic E-state index is 12.4. The normalized spacial score (nSPS) is 21.5. The van der Waals surface area contributed by atoms with Crippen molar-refractivity contribution in [2.45, 2.75) is 38.5 Å². The van der Waals surface area contributed by atoms with Gasteiger partial charge in [-0.15, -0.1) is 13.2 Å². The van der Waals surface area contributed by atoms with Gasteiger partial charge in [-0.05, 0) is 54.7 Å². The molecule has 2 atom stereocenters. The summed E-state index contributed by atoms with van der Waals surface area (Å²) < 4.78 is 46.0. The highest BCUT2D eigenvalue weighted by molar-refractivity contribution is 5.97. The van der Waals surface area contributed by atoms with E-state index in [2.05, 4.69) is 15.4 Å². The summed E-state index contributed by atoms with van der Waals surface area (Å²) in [4.78, 5) is 14.1. The maximum absolute atomic E-state index is 12.4. The number of nitrogens with one attached hydrogen (secondary N) is 2. The lowest BCUT2D eigenvalue weighted by molar-refractivity contribution is -0.322. The van der Waals surface area contributed by atoms with E-state index in [1.807, 2.05) is 6.08 Å². The first-order valence-corrected chi connectivity index (χ1v) is 9.95. The minimum Gasteiger partial charge on any atom is -0.381 e. The van der Waals surface area contributed by atoms with Gasteiger partial charge in [-0.2, -0.15) is 0 Å². The third-order valence-corrected chi connectivity index (χ3v) is 5.04. The minimum absolute atomic E-state index is 0.113. The molecule has 2 aliphatic heterocycles. The molecule has 7 nitrogen and oxygen atoms in total. The van der Waals surface area contributed by atoms with Crippen molar-refractivity contribution in [2.75, 3.05) is 37.4 Å². The number of aliphatic hydroxyl groups excluding tert-OH is 1. The lowest BCUT2D eigenvalue weighted by Crippen LogP contribution is -2.30. The van der Waals surface area contributed by atoms with Gasteiger partial charge in [0.2, 0.25) is 0 Å². The summed E-state index contributed by atoms with van der Waals surface area (Å²) in [6, 6.07) is 5.22. The number of rotatable bonds is 7. The third-order valence-electron chi connectivity index (χ3n) is 5.04. The van der Waals surface area contributed by atoms with Crippen LogP contribution in [0.2, 0.25) is 0 Å². The van der Waals surface area contributed by atoms with Gasteiger partial charge in [-0.1, -0.05) is 6.07 Å². The monoisotopic (exact) mass is 441 g/mol. The number of ether oxygens (including phenoxy) is 2. The largest absolute Gasteiger partial charge is 0.522 e. The van der Waals surface area contributed by atoms with Crippen LogP contribution in [0, 0.1) is 0 Å². The molecule has 1 amide bonds. The van der Waals surface area contributed by atoms with Crippen molar-refractivity contribution in [1.82, 2.24) is 4.90 Å². The summed E-state index contributed by atoms with van der Waals surface area (Å²) in [6.45, 7) is 1.63. The fraction of sp³-hybridized carbons (Fsp3) is 0.476. The van der Waals surface area contributed by atoms with E-state index in [0.29, 0.717) is 24.4 Å². The second kappa shape index (κ2) is 9.71.